The van der Waals surface area contributed by atoms with Gasteiger partial charge in [-0.15, -0.1) is 0 Å². The first-order valence-electron chi connectivity index (χ1n) is 6.40. The summed E-state index contributed by atoms with van der Waals surface area (Å²) in [7, 11) is 3.22. The van der Waals surface area contributed by atoms with Crippen molar-refractivity contribution in [3.05, 3.63) is 47.2 Å². The van der Waals surface area contributed by atoms with E-state index >= 15 is 0 Å². The molecule has 0 bridgehead atoms. The topological polar surface area (TPSA) is 49.2 Å². The van der Waals surface area contributed by atoms with Gasteiger partial charge in [-0.05, 0) is 17.7 Å². The van der Waals surface area contributed by atoms with Crippen molar-refractivity contribution in [1.29, 1.82) is 0 Å². The lowest BCUT2D eigenvalue weighted by molar-refractivity contribution is 0.413. The van der Waals surface area contributed by atoms with Crippen molar-refractivity contribution in [3.63, 3.8) is 0 Å². The van der Waals surface area contributed by atoms with E-state index in [1.165, 1.54) is 0 Å². The molecule has 21 heavy (non-hydrogen) atoms. The Labute approximate surface area is 127 Å². The van der Waals surface area contributed by atoms with E-state index in [0.717, 1.165) is 22.3 Å². The van der Waals surface area contributed by atoms with E-state index in [2.05, 4.69) is 10.1 Å². The largest absolute Gasteiger partial charge is 0.497 e. The second-order valence-electron chi connectivity index (χ2n) is 4.54. The molecule has 5 nitrogen and oxygen atoms in total. The van der Waals surface area contributed by atoms with Gasteiger partial charge in [-0.3, -0.25) is 4.68 Å². The van der Waals surface area contributed by atoms with Gasteiger partial charge in [0.15, 0.2) is 10.9 Å². The molecule has 0 aliphatic carbocycles. The quantitative estimate of drug-likeness (QED) is 0.695. The molecule has 0 saturated carbocycles. The number of rotatable bonds is 4. The van der Waals surface area contributed by atoms with Crippen molar-refractivity contribution in [2.24, 2.45) is 0 Å². The molecule has 0 saturated heterocycles. The van der Waals surface area contributed by atoms with Crippen LogP contribution in [0.5, 0.6) is 11.5 Å². The Kier molecular flexibility index (Phi) is 3.66. The highest BCUT2D eigenvalue weighted by Crippen LogP contribution is 2.26. The number of pyridine rings is 1. The van der Waals surface area contributed by atoms with Crippen LogP contribution in [0.15, 0.2) is 36.5 Å². The summed E-state index contributed by atoms with van der Waals surface area (Å²) >= 11 is 6.02. The molecule has 0 aliphatic rings. The number of ether oxygens (including phenoxy) is 2. The zero-order chi connectivity index (χ0) is 14.8. The van der Waals surface area contributed by atoms with Crippen LogP contribution in [-0.4, -0.2) is 29.0 Å². The van der Waals surface area contributed by atoms with Crippen LogP contribution in [-0.2, 0) is 6.54 Å². The number of fused-ring (bicyclic) bond motifs is 1. The number of methoxy groups -OCH3 is 2. The fraction of sp³-hybridized carbons (Fsp3) is 0.200. The van der Waals surface area contributed by atoms with Gasteiger partial charge in [-0.1, -0.05) is 23.7 Å². The van der Waals surface area contributed by atoms with Crippen molar-refractivity contribution in [2.75, 3.05) is 14.2 Å². The standard InChI is InChI=1S/C15H14ClN3O2/c1-20-11-5-3-10(4-6-11)9-19-13-7-14(21-2)15(16)18-12(13)8-17-19/h3-8H,9H2,1-2H3. The Bertz CT molecular complexity index is 768. The maximum Gasteiger partial charge on any atom is 0.171 e. The number of benzene rings is 1. The van der Waals surface area contributed by atoms with E-state index in [-0.39, 0.29) is 0 Å². The number of nitrogens with zero attached hydrogens (tertiary/aromatic N) is 3. The lowest BCUT2D eigenvalue weighted by Gasteiger charge is -2.07. The summed E-state index contributed by atoms with van der Waals surface area (Å²) in [4.78, 5) is 4.27. The summed E-state index contributed by atoms with van der Waals surface area (Å²) in [5.74, 6) is 1.37. The molecule has 3 rings (SSSR count). The monoisotopic (exact) mass is 303 g/mol. The highest BCUT2D eigenvalue weighted by Gasteiger charge is 2.10. The number of hydrogen-bond acceptors (Lipinski definition) is 4. The van der Waals surface area contributed by atoms with Gasteiger partial charge in [0.25, 0.3) is 0 Å². The lowest BCUT2D eigenvalue weighted by Crippen LogP contribution is -2.01. The zero-order valence-corrected chi connectivity index (χ0v) is 12.5. The predicted octanol–water partition coefficient (Wildman–Crippen LogP) is 3.15. The highest BCUT2D eigenvalue weighted by atomic mass is 35.5. The van der Waals surface area contributed by atoms with Crippen LogP contribution >= 0.6 is 11.6 Å². The van der Waals surface area contributed by atoms with Crippen molar-refractivity contribution in [2.45, 2.75) is 6.54 Å². The lowest BCUT2D eigenvalue weighted by atomic mass is 10.2. The predicted molar refractivity (Wildman–Crippen MR) is 81.2 cm³/mol. The van der Waals surface area contributed by atoms with Gasteiger partial charge in [0.2, 0.25) is 0 Å². The molecule has 0 amide bonds. The maximum atomic E-state index is 6.02. The molecule has 0 atom stereocenters. The third-order valence-electron chi connectivity index (χ3n) is 3.26. The molecule has 2 heterocycles. The van der Waals surface area contributed by atoms with E-state index in [9.17, 15) is 0 Å². The average Bonchev–Trinajstić information content (AvgIpc) is 2.89. The van der Waals surface area contributed by atoms with Crippen LogP contribution < -0.4 is 9.47 Å². The average molecular weight is 304 g/mol. The fourth-order valence-electron chi connectivity index (χ4n) is 2.14. The van der Waals surface area contributed by atoms with Gasteiger partial charge < -0.3 is 9.47 Å². The number of halogens is 1. The second-order valence-corrected chi connectivity index (χ2v) is 4.89. The Balaban J connectivity index is 1.96. The molecule has 108 valence electrons. The van der Waals surface area contributed by atoms with Crippen molar-refractivity contribution in [3.8, 4) is 11.5 Å². The molecular formula is C15H14ClN3O2. The molecule has 0 N–H and O–H groups in total. The first-order valence-corrected chi connectivity index (χ1v) is 6.78. The van der Waals surface area contributed by atoms with Gasteiger partial charge in [0.05, 0.1) is 32.5 Å². The molecule has 2 aromatic heterocycles. The molecule has 0 spiro atoms. The normalized spacial score (nSPS) is 10.8. The fourth-order valence-corrected chi connectivity index (χ4v) is 2.36. The van der Waals surface area contributed by atoms with E-state index in [0.29, 0.717) is 17.4 Å². The minimum atomic E-state index is 0.342. The van der Waals surface area contributed by atoms with E-state index in [4.69, 9.17) is 21.1 Å². The van der Waals surface area contributed by atoms with Crippen LogP contribution in [0.1, 0.15) is 5.56 Å². The summed E-state index contributed by atoms with van der Waals surface area (Å²) in [6.07, 6.45) is 1.70. The molecule has 6 heteroatoms. The summed E-state index contributed by atoms with van der Waals surface area (Å²) < 4.78 is 12.2. The third kappa shape index (κ3) is 2.64. The second kappa shape index (κ2) is 5.61. The first-order chi connectivity index (χ1) is 10.2. The first kappa shape index (κ1) is 13.7. The molecule has 3 aromatic rings. The Hall–Kier alpha value is -2.27. The van der Waals surface area contributed by atoms with Crippen LogP contribution in [0.25, 0.3) is 11.0 Å². The van der Waals surface area contributed by atoms with Gasteiger partial charge in [0.1, 0.15) is 11.3 Å². The summed E-state index contributed by atoms with van der Waals surface area (Å²) in [5.41, 5.74) is 2.75. The van der Waals surface area contributed by atoms with Gasteiger partial charge in [-0.2, -0.15) is 5.10 Å². The van der Waals surface area contributed by atoms with Gasteiger partial charge in [0, 0.05) is 6.07 Å². The van der Waals surface area contributed by atoms with Crippen LogP contribution in [0, 0.1) is 0 Å². The van der Waals surface area contributed by atoms with E-state index in [1.807, 2.05) is 35.0 Å². The smallest absolute Gasteiger partial charge is 0.171 e. The van der Waals surface area contributed by atoms with E-state index < -0.39 is 0 Å². The molecule has 0 unspecified atom stereocenters. The SMILES string of the molecule is COc1ccc(Cn2ncc3nc(Cl)c(OC)cc32)cc1. The summed E-state index contributed by atoms with van der Waals surface area (Å²) in [6, 6.07) is 9.72. The van der Waals surface area contributed by atoms with Crippen molar-refractivity contribution < 1.29 is 9.47 Å². The molecule has 1 aromatic carbocycles. The van der Waals surface area contributed by atoms with Crippen LogP contribution in [0.2, 0.25) is 5.15 Å². The Morgan fingerprint density at radius 3 is 2.57 bits per heavy atom. The van der Waals surface area contributed by atoms with E-state index in [1.54, 1.807) is 20.4 Å². The van der Waals surface area contributed by atoms with Crippen LogP contribution in [0.3, 0.4) is 0 Å². The minimum Gasteiger partial charge on any atom is -0.497 e. The van der Waals surface area contributed by atoms with Crippen molar-refractivity contribution in [1.82, 2.24) is 14.8 Å². The molecular weight excluding hydrogens is 290 g/mol. The van der Waals surface area contributed by atoms with Gasteiger partial charge in [-0.25, -0.2) is 4.98 Å². The van der Waals surface area contributed by atoms with Crippen LogP contribution in [0.4, 0.5) is 0 Å². The van der Waals surface area contributed by atoms with Crippen molar-refractivity contribution >= 4 is 22.6 Å². The zero-order valence-electron chi connectivity index (χ0n) is 11.7. The summed E-state index contributed by atoms with van der Waals surface area (Å²) in [6.45, 7) is 0.639. The maximum absolute atomic E-state index is 6.02. The molecule has 0 radical (unpaired) electrons. The third-order valence-corrected chi connectivity index (χ3v) is 3.53. The summed E-state index contributed by atoms with van der Waals surface area (Å²) in [5, 5.41) is 4.70. The Morgan fingerprint density at radius 2 is 1.90 bits per heavy atom. The molecule has 0 aliphatic heterocycles. The molecule has 0 fully saturated rings. The number of aromatic nitrogens is 3. The van der Waals surface area contributed by atoms with Gasteiger partial charge >= 0.3 is 0 Å². The Morgan fingerprint density at radius 1 is 1.14 bits per heavy atom. The highest BCUT2D eigenvalue weighted by molar-refractivity contribution is 6.31. The number of hydrogen-bond donors (Lipinski definition) is 0. The minimum absolute atomic E-state index is 0.342.